The molecule has 0 aliphatic heterocycles. The first-order valence-corrected chi connectivity index (χ1v) is 12.7. The Bertz CT molecular complexity index is 1050. The number of rotatable bonds is 16. The minimum absolute atomic E-state index is 0.00608. The molecule has 0 saturated heterocycles. The Morgan fingerprint density at radius 2 is 1.55 bits per heavy atom. The minimum atomic E-state index is -1.21. The monoisotopic (exact) mass is 549 g/mol. The Hall–Kier alpha value is -3.62. The number of phenols is 1. The largest absolute Gasteiger partial charge is 0.508 e. The van der Waals surface area contributed by atoms with Crippen molar-refractivity contribution in [3.8, 4) is 5.75 Å². The number of unbranched alkanes of at least 4 members (excludes halogenated alkanes) is 1. The van der Waals surface area contributed by atoms with Gasteiger partial charge in [-0.25, -0.2) is 9.78 Å². The number of nitrogens with zero attached hydrogens (tertiary/aromatic N) is 1. The predicted octanol–water partition coefficient (Wildman–Crippen LogP) is -1.17. The number of aromatic amines is 1. The number of carbonyl (C=O) groups is 4. The van der Waals surface area contributed by atoms with E-state index < -0.39 is 47.9 Å². The first kappa shape index (κ1) is 30.6. The first-order valence-electron chi connectivity index (χ1n) is 12.1. The zero-order valence-electron chi connectivity index (χ0n) is 20.8. The Balaban J connectivity index is 2.26. The zero-order chi connectivity index (χ0) is 28.1. The molecule has 0 spiro atoms. The van der Waals surface area contributed by atoms with Crippen molar-refractivity contribution in [1.82, 2.24) is 25.9 Å². The minimum Gasteiger partial charge on any atom is -0.508 e. The van der Waals surface area contributed by atoms with E-state index in [1.54, 1.807) is 12.1 Å². The van der Waals surface area contributed by atoms with Gasteiger partial charge in [0.2, 0.25) is 17.7 Å². The SMILES string of the molecule is NCCCCC(NC(=O)C(Cc1ccc(O)cc1)NC(=O)C(Cc1cnc[nH]1)NC(=O)C(N)CS)C(=O)O. The lowest BCUT2D eigenvalue weighted by Crippen LogP contribution is -2.58. The number of imidazole rings is 1. The van der Waals surface area contributed by atoms with Crippen LogP contribution in [0.2, 0.25) is 0 Å². The van der Waals surface area contributed by atoms with Gasteiger partial charge in [0.25, 0.3) is 0 Å². The number of nitrogens with two attached hydrogens (primary N) is 2. The van der Waals surface area contributed by atoms with Gasteiger partial charge in [-0.15, -0.1) is 0 Å². The van der Waals surface area contributed by atoms with Crippen LogP contribution in [0.3, 0.4) is 0 Å². The molecule has 2 rings (SSSR count). The number of aromatic nitrogens is 2. The number of hydrogen-bond acceptors (Lipinski definition) is 9. The molecule has 1 aromatic heterocycles. The summed E-state index contributed by atoms with van der Waals surface area (Å²) in [6, 6.07) is 1.56. The van der Waals surface area contributed by atoms with Gasteiger partial charge in [-0.05, 0) is 43.5 Å². The second-order valence-electron chi connectivity index (χ2n) is 8.75. The van der Waals surface area contributed by atoms with E-state index in [0.717, 1.165) is 0 Å². The number of thiol groups is 1. The van der Waals surface area contributed by atoms with Gasteiger partial charge in [0, 0.05) is 30.5 Å². The van der Waals surface area contributed by atoms with Crippen LogP contribution in [0.15, 0.2) is 36.8 Å². The summed E-state index contributed by atoms with van der Waals surface area (Å²) < 4.78 is 0. The van der Waals surface area contributed by atoms with Crippen LogP contribution >= 0.6 is 12.6 Å². The maximum Gasteiger partial charge on any atom is 0.326 e. The number of aliphatic carboxylic acids is 1. The van der Waals surface area contributed by atoms with Gasteiger partial charge in [0.15, 0.2) is 0 Å². The molecule has 38 heavy (non-hydrogen) atoms. The lowest BCUT2D eigenvalue weighted by Gasteiger charge is -2.25. The van der Waals surface area contributed by atoms with E-state index in [-0.39, 0.29) is 30.8 Å². The van der Waals surface area contributed by atoms with E-state index in [0.29, 0.717) is 30.6 Å². The molecule has 2 aromatic rings. The molecule has 0 saturated carbocycles. The van der Waals surface area contributed by atoms with E-state index in [1.807, 2.05) is 0 Å². The summed E-state index contributed by atoms with van der Waals surface area (Å²) >= 11 is 4.01. The summed E-state index contributed by atoms with van der Waals surface area (Å²) in [6.45, 7) is 0.389. The quantitative estimate of drug-likeness (QED) is 0.0906. The second-order valence-corrected chi connectivity index (χ2v) is 9.11. The molecule has 14 heteroatoms. The standard InChI is InChI=1S/C24H35N7O6S/c25-8-2-1-3-18(24(36)37)29-22(34)19(9-14-4-6-16(32)7-5-14)31-23(35)20(10-15-11-27-13-28-15)30-21(33)17(26)12-38/h4-7,11,13,17-20,32,38H,1-3,8-10,12,25-26H2,(H,27,28)(H,29,34)(H,30,33)(H,31,35)(H,36,37). The summed E-state index contributed by atoms with van der Waals surface area (Å²) in [5.41, 5.74) is 12.4. The van der Waals surface area contributed by atoms with Crippen LogP contribution in [-0.4, -0.2) is 80.3 Å². The van der Waals surface area contributed by atoms with Crippen molar-refractivity contribution in [2.75, 3.05) is 12.3 Å². The van der Waals surface area contributed by atoms with Crippen LogP contribution < -0.4 is 27.4 Å². The highest BCUT2D eigenvalue weighted by Gasteiger charge is 2.30. The number of amides is 3. The van der Waals surface area contributed by atoms with Crippen LogP contribution in [0.5, 0.6) is 5.75 Å². The third-order valence-electron chi connectivity index (χ3n) is 5.72. The highest BCUT2D eigenvalue weighted by atomic mass is 32.1. The number of carboxylic acids is 1. The first-order chi connectivity index (χ1) is 18.1. The Labute approximate surface area is 225 Å². The molecule has 0 fully saturated rings. The highest BCUT2D eigenvalue weighted by molar-refractivity contribution is 7.80. The van der Waals surface area contributed by atoms with Crippen LogP contribution in [-0.2, 0) is 32.0 Å². The molecule has 0 aliphatic rings. The fourth-order valence-electron chi connectivity index (χ4n) is 3.56. The fraction of sp³-hybridized carbons (Fsp3) is 0.458. The zero-order valence-corrected chi connectivity index (χ0v) is 21.7. The number of carbonyl (C=O) groups excluding carboxylic acids is 3. The van der Waals surface area contributed by atoms with Gasteiger partial charge in [-0.3, -0.25) is 14.4 Å². The van der Waals surface area contributed by atoms with E-state index in [2.05, 4.69) is 38.5 Å². The summed E-state index contributed by atoms with van der Waals surface area (Å²) in [5, 5.41) is 26.9. The van der Waals surface area contributed by atoms with E-state index in [4.69, 9.17) is 11.5 Å². The van der Waals surface area contributed by atoms with Gasteiger partial charge in [-0.1, -0.05) is 12.1 Å². The van der Waals surface area contributed by atoms with E-state index >= 15 is 0 Å². The number of aromatic hydroxyl groups is 1. The topological polar surface area (TPSA) is 226 Å². The molecule has 3 amide bonds. The average Bonchev–Trinajstić information content (AvgIpc) is 3.41. The van der Waals surface area contributed by atoms with Gasteiger partial charge >= 0.3 is 5.97 Å². The summed E-state index contributed by atoms with van der Waals surface area (Å²) in [4.78, 5) is 57.5. The van der Waals surface area contributed by atoms with Crippen molar-refractivity contribution >= 4 is 36.3 Å². The van der Waals surface area contributed by atoms with E-state index in [1.165, 1.54) is 24.7 Å². The Kier molecular flexibility index (Phi) is 12.6. The van der Waals surface area contributed by atoms with Gasteiger partial charge in [0.05, 0.1) is 12.4 Å². The molecule has 0 radical (unpaired) electrons. The molecule has 1 heterocycles. The van der Waals surface area contributed by atoms with Crippen molar-refractivity contribution in [3.05, 3.63) is 48.0 Å². The third-order valence-corrected chi connectivity index (χ3v) is 6.11. The molecule has 0 bridgehead atoms. The number of hydrogen-bond donors (Lipinski definition) is 9. The van der Waals surface area contributed by atoms with Crippen molar-refractivity contribution in [1.29, 1.82) is 0 Å². The van der Waals surface area contributed by atoms with Crippen molar-refractivity contribution in [2.45, 2.75) is 56.3 Å². The van der Waals surface area contributed by atoms with Crippen molar-refractivity contribution in [2.24, 2.45) is 11.5 Å². The van der Waals surface area contributed by atoms with Crippen LogP contribution in [0.25, 0.3) is 0 Å². The summed E-state index contributed by atoms with van der Waals surface area (Å²) in [7, 11) is 0. The van der Waals surface area contributed by atoms with E-state index in [9.17, 15) is 29.4 Å². The van der Waals surface area contributed by atoms with Gasteiger partial charge < -0.3 is 42.6 Å². The normalized spacial score (nSPS) is 14.1. The molecule has 4 atom stereocenters. The molecule has 1 aromatic carbocycles. The number of benzene rings is 1. The summed E-state index contributed by atoms with van der Waals surface area (Å²) in [5.74, 6) is -3.15. The van der Waals surface area contributed by atoms with Crippen LogP contribution in [0, 0.1) is 0 Å². The second kappa shape index (κ2) is 15.6. The number of phenolic OH excluding ortho intramolecular Hbond substituents is 1. The molecular formula is C24H35N7O6S. The maximum atomic E-state index is 13.3. The van der Waals surface area contributed by atoms with Crippen LogP contribution in [0.4, 0.5) is 0 Å². The predicted molar refractivity (Wildman–Crippen MR) is 142 cm³/mol. The van der Waals surface area contributed by atoms with Gasteiger partial charge in [-0.2, -0.15) is 12.6 Å². The average molecular weight is 550 g/mol. The smallest absolute Gasteiger partial charge is 0.326 e. The number of H-pyrrole nitrogens is 1. The maximum absolute atomic E-state index is 13.3. The van der Waals surface area contributed by atoms with Crippen molar-refractivity contribution in [3.63, 3.8) is 0 Å². The van der Waals surface area contributed by atoms with Crippen LogP contribution in [0.1, 0.15) is 30.5 Å². The molecule has 10 N–H and O–H groups in total. The fourth-order valence-corrected chi connectivity index (χ4v) is 3.72. The molecule has 13 nitrogen and oxygen atoms in total. The molecule has 4 unspecified atom stereocenters. The highest BCUT2D eigenvalue weighted by Crippen LogP contribution is 2.12. The Morgan fingerprint density at radius 1 is 0.947 bits per heavy atom. The lowest BCUT2D eigenvalue weighted by molar-refractivity contribution is -0.142. The van der Waals surface area contributed by atoms with Crippen molar-refractivity contribution < 1.29 is 29.4 Å². The molecule has 208 valence electrons. The number of carboxylic acid groups (broad SMARTS) is 1. The lowest BCUT2D eigenvalue weighted by atomic mass is 10.0. The molecular weight excluding hydrogens is 514 g/mol. The third kappa shape index (κ3) is 10.0. The van der Waals surface area contributed by atoms with Gasteiger partial charge in [0.1, 0.15) is 23.9 Å². The Morgan fingerprint density at radius 3 is 2.11 bits per heavy atom. The molecule has 0 aliphatic carbocycles. The summed E-state index contributed by atoms with van der Waals surface area (Å²) in [6.07, 6.45) is 4.18. The number of nitrogens with one attached hydrogen (secondary N) is 4.